The van der Waals surface area contributed by atoms with Gasteiger partial charge >= 0.3 is 12.1 Å². The van der Waals surface area contributed by atoms with E-state index in [1.54, 1.807) is 49.9 Å². The molecule has 54 heavy (non-hydrogen) atoms. The molecule has 284 valence electrons. The Bertz CT molecular complexity index is 1950. The van der Waals surface area contributed by atoms with Crippen LogP contribution in [0, 0.1) is 17.6 Å². The van der Waals surface area contributed by atoms with E-state index in [0.717, 1.165) is 40.8 Å². The summed E-state index contributed by atoms with van der Waals surface area (Å²) in [6, 6.07) is 24.0. The van der Waals surface area contributed by atoms with Gasteiger partial charge in [0.05, 0.1) is 20.1 Å². The van der Waals surface area contributed by atoms with Crippen molar-refractivity contribution >= 4 is 18.0 Å². The lowest BCUT2D eigenvalue weighted by molar-refractivity contribution is -0.158. The van der Waals surface area contributed by atoms with E-state index < -0.39 is 35.3 Å². The van der Waals surface area contributed by atoms with E-state index in [1.165, 1.54) is 19.1 Å². The normalized spacial score (nSPS) is 15.8. The molecule has 1 fully saturated rings. The first-order chi connectivity index (χ1) is 25.8. The van der Waals surface area contributed by atoms with Gasteiger partial charge in [0.25, 0.3) is 0 Å². The topological polar surface area (TPSA) is 94.6 Å². The first kappa shape index (κ1) is 38.3. The summed E-state index contributed by atoms with van der Waals surface area (Å²) >= 11 is 0. The molecule has 4 aromatic rings. The van der Waals surface area contributed by atoms with E-state index >= 15 is 0 Å². The number of amides is 2. The molecule has 11 heteroatoms. The van der Waals surface area contributed by atoms with Gasteiger partial charge in [-0.1, -0.05) is 60.7 Å². The third-order valence-corrected chi connectivity index (χ3v) is 9.88. The Labute approximate surface area is 314 Å². The summed E-state index contributed by atoms with van der Waals surface area (Å²) in [6.07, 6.45) is 0.485. The summed E-state index contributed by atoms with van der Waals surface area (Å²) in [5.74, 6) is -2.33. The van der Waals surface area contributed by atoms with Crippen LogP contribution in [0.15, 0.2) is 84.9 Å². The Morgan fingerprint density at radius 2 is 1.50 bits per heavy atom. The number of esters is 1. The Morgan fingerprint density at radius 1 is 0.870 bits per heavy atom. The van der Waals surface area contributed by atoms with E-state index in [-0.39, 0.29) is 36.5 Å². The van der Waals surface area contributed by atoms with E-state index in [1.807, 2.05) is 36.4 Å². The number of halogens is 2. The van der Waals surface area contributed by atoms with Crippen LogP contribution >= 0.6 is 0 Å². The molecule has 1 heterocycles. The van der Waals surface area contributed by atoms with E-state index in [0.29, 0.717) is 43.0 Å². The maximum atomic E-state index is 14.2. The molecular formula is C43H46F2N2O7. The fourth-order valence-electron chi connectivity index (χ4n) is 7.23. The molecule has 2 amide bonds. The molecular weight excluding hydrogens is 694 g/mol. The van der Waals surface area contributed by atoms with Crippen molar-refractivity contribution in [2.24, 2.45) is 5.92 Å². The Kier molecular flexibility index (Phi) is 11.5. The van der Waals surface area contributed by atoms with Gasteiger partial charge < -0.3 is 23.8 Å². The minimum Gasteiger partial charge on any atom is -0.496 e. The first-order valence-corrected chi connectivity index (χ1v) is 18.2. The number of rotatable bonds is 11. The van der Waals surface area contributed by atoms with Gasteiger partial charge in [0.1, 0.15) is 29.7 Å². The predicted molar refractivity (Wildman–Crippen MR) is 200 cm³/mol. The summed E-state index contributed by atoms with van der Waals surface area (Å²) in [5, 5.41) is 0. The lowest BCUT2D eigenvalue weighted by Gasteiger charge is -2.37. The second kappa shape index (κ2) is 16.3. The Morgan fingerprint density at radius 3 is 2.13 bits per heavy atom. The highest BCUT2D eigenvalue weighted by Crippen LogP contribution is 2.44. The van der Waals surface area contributed by atoms with Crippen LogP contribution in [0.3, 0.4) is 0 Å². The number of benzene rings is 4. The lowest BCUT2D eigenvalue weighted by atomic mass is 9.97. The van der Waals surface area contributed by atoms with E-state index in [4.69, 9.17) is 18.9 Å². The highest BCUT2D eigenvalue weighted by Gasteiger charge is 2.38. The average molecular weight is 741 g/mol. The molecule has 0 spiro atoms. The van der Waals surface area contributed by atoms with E-state index in [9.17, 15) is 23.2 Å². The Hall–Kier alpha value is -5.45. The fraction of sp³-hybridized carbons (Fsp3) is 0.372. The van der Waals surface area contributed by atoms with Crippen molar-refractivity contribution in [1.82, 2.24) is 9.80 Å². The summed E-state index contributed by atoms with van der Waals surface area (Å²) in [6.45, 7) is 6.47. The van der Waals surface area contributed by atoms with Gasteiger partial charge in [0.15, 0.2) is 11.6 Å². The van der Waals surface area contributed by atoms with Crippen molar-refractivity contribution < 1.29 is 42.1 Å². The van der Waals surface area contributed by atoms with Crippen LogP contribution in [0.5, 0.6) is 11.5 Å². The number of ether oxygens (including phenoxy) is 4. The van der Waals surface area contributed by atoms with Gasteiger partial charge in [0, 0.05) is 43.6 Å². The van der Waals surface area contributed by atoms with Crippen molar-refractivity contribution in [2.45, 2.75) is 57.6 Å². The number of nitrogens with zero attached hydrogens (tertiary/aromatic N) is 2. The Balaban J connectivity index is 1.11. The van der Waals surface area contributed by atoms with Crippen molar-refractivity contribution in [3.8, 4) is 33.8 Å². The molecule has 4 aromatic carbocycles. The third-order valence-electron chi connectivity index (χ3n) is 9.88. The minimum atomic E-state index is -1.14. The summed E-state index contributed by atoms with van der Waals surface area (Å²) in [5.41, 5.74) is 4.59. The fourth-order valence-corrected chi connectivity index (χ4v) is 7.23. The van der Waals surface area contributed by atoms with Crippen molar-refractivity contribution in [3.63, 3.8) is 0 Å². The second-order valence-corrected chi connectivity index (χ2v) is 14.8. The molecule has 1 saturated heterocycles. The molecule has 9 nitrogen and oxygen atoms in total. The maximum Gasteiger partial charge on any atom is 0.410 e. The highest BCUT2D eigenvalue weighted by atomic mass is 19.2. The molecule has 2 unspecified atom stereocenters. The maximum absolute atomic E-state index is 14.2. The quantitative estimate of drug-likeness (QED) is 0.143. The second-order valence-electron chi connectivity index (χ2n) is 14.8. The minimum absolute atomic E-state index is 0.0180. The van der Waals surface area contributed by atoms with Gasteiger partial charge in [-0.25, -0.2) is 13.6 Å². The van der Waals surface area contributed by atoms with Crippen LogP contribution in [-0.4, -0.2) is 79.9 Å². The van der Waals surface area contributed by atoms with Gasteiger partial charge in [-0.3, -0.25) is 14.5 Å². The number of hydrogen-bond acceptors (Lipinski definition) is 7. The molecule has 0 radical (unpaired) electrons. The van der Waals surface area contributed by atoms with Crippen molar-refractivity contribution in [2.75, 3.05) is 40.5 Å². The van der Waals surface area contributed by atoms with Crippen molar-refractivity contribution in [3.05, 3.63) is 108 Å². The summed E-state index contributed by atoms with van der Waals surface area (Å²) < 4.78 is 50.5. The average Bonchev–Trinajstić information content (AvgIpc) is 3.48. The number of fused-ring (bicyclic) bond motifs is 3. The zero-order valence-corrected chi connectivity index (χ0v) is 31.3. The molecule has 1 aliphatic carbocycles. The molecule has 2 atom stereocenters. The van der Waals surface area contributed by atoms with Crippen LogP contribution in [0.2, 0.25) is 0 Å². The zero-order chi connectivity index (χ0) is 38.6. The van der Waals surface area contributed by atoms with Crippen LogP contribution in [-0.2, 0) is 19.1 Å². The van der Waals surface area contributed by atoms with Crippen LogP contribution in [0.25, 0.3) is 22.3 Å². The highest BCUT2D eigenvalue weighted by molar-refractivity contribution is 5.90. The molecule has 0 saturated carbocycles. The molecule has 2 aliphatic rings. The largest absolute Gasteiger partial charge is 0.496 e. The number of methoxy groups -OCH3 is 1. The van der Waals surface area contributed by atoms with Crippen LogP contribution in [0.4, 0.5) is 13.6 Å². The zero-order valence-electron chi connectivity index (χ0n) is 31.3. The van der Waals surface area contributed by atoms with Gasteiger partial charge in [-0.05, 0) is 79.6 Å². The monoisotopic (exact) mass is 740 g/mol. The lowest BCUT2D eigenvalue weighted by Crippen LogP contribution is -2.53. The molecule has 0 bridgehead atoms. The number of piperidine rings is 1. The number of likely N-dealkylation sites (tertiary alicyclic amines) is 1. The van der Waals surface area contributed by atoms with Gasteiger partial charge in [0.2, 0.25) is 5.91 Å². The van der Waals surface area contributed by atoms with Crippen LogP contribution < -0.4 is 9.47 Å². The SMILES string of the molecule is COc1cc(F)c(F)cc1-c1ccc(OCC2CCCN(C(=O)C(CC(=O)OC(C)(C)C)N(C)C(=O)OCC3c4ccccc4-c4ccccc43)C2)cc1. The molecule has 0 N–H and O–H groups in total. The predicted octanol–water partition coefficient (Wildman–Crippen LogP) is 8.24. The number of carbonyl (C=O) groups excluding carboxylic acids is 3. The molecule has 6 rings (SSSR count). The van der Waals surface area contributed by atoms with E-state index in [2.05, 4.69) is 12.1 Å². The third kappa shape index (κ3) is 8.67. The van der Waals surface area contributed by atoms with Crippen LogP contribution in [0.1, 0.15) is 57.1 Å². The van der Waals surface area contributed by atoms with Gasteiger partial charge in [-0.15, -0.1) is 0 Å². The standard InChI is InChI=1S/C43H46F2N2O7/c1-43(2,3)54-40(48)23-38(46(4)42(50)53-26-35-32-14-8-6-12-30(32)31-13-7-9-15-33(31)35)41(49)47-20-10-11-27(24-47)25-52-29-18-16-28(17-19-29)34-21-36(44)37(45)22-39(34)51-5/h6-9,12-19,21-22,27,35,38H,10-11,20,23-26H2,1-5H3. The molecule has 1 aliphatic heterocycles. The number of carbonyl (C=O) groups is 3. The smallest absolute Gasteiger partial charge is 0.410 e. The summed E-state index contributed by atoms with van der Waals surface area (Å²) in [7, 11) is 2.88. The number of likely N-dealkylation sites (N-methyl/N-ethyl adjacent to an activating group) is 1. The number of hydrogen-bond donors (Lipinski definition) is 0. The summed E-state index contributed by atoms with van der Waals surface area (Å²) in [4.78, 5) is 43.8. The van der Waals surface area contributed by atoms with Gasteiger partial charge in [-0.2, -0.15) is 0 Å². The first-order valence-electron chi connectivity index (χ1n) is 18.2. The van der Waals surface area contributed by atoms with Crippen molar-refractivity contribution in [1.29, 1.82) is 0 Å². The molecule has 0 aromatic heterocycles.